The molecule has 6 heteroatoms. The van der Waals surface area contributed by atoms with Gasteiger partial charge in [-0.2, -0.15) is 13.2 Å². The highest BCUT2D eigenvalue weighted by molar-refractivity contribution is 6.34. The summed E-state index contributed by atoms with van der Waals surface area (Å²) >= 11 is 6.07. The van der Waals surface area contributed by atoms with Gasteiger partial charge < -0.3 is 5.32 Å². The molecule has 3 aliphatic rings. The maximum absolute atomic E-state index is 13.3. The van der Waals surface area contributed by atoms with Gasteiger partial charge in [-0.05, 0) is 67.2 Å². The number of Topliss-reactive ketones (excluding diaryl/α,β-unsaturated/α-hetero) is 1. The van der Waals surface area contributed by atoms with E-state index in [4.69, 9.17) is 11.6 Å². The Morgan fingerprint density at radius 1 is 1.06 bits per heavy atom. The summed E-state index contributed by atoms with van der Waals surface area (Å²) in [7, 11) is 0. The number of halogens is 4. The Hall–Kier alpha value is -1.85. The molecule has 0 amide bonds. The number of nitrogens with one attached hydrogen (secondary N) is 1. The zero-order chi connectivity index (χ0) is 23.2. The summed E-state index contributed by atoms with van der Waals surface area (Å²) in [5.41, 5.74) is 1.38. The highest BCUT2D eigenvalue weighted by atomic mass is 35.5. The largest absolute Gasteiger partial charge is 0.417 e. The molecule has 5 rings (SSSR count). The van der Waals surface area contributed by atoms with Crippen LogP contribution in [0.15, 0.2) is 42.5 Å². The van der Waals surface area contributed by atoms with Crippen molar-refractivity contribution in [3.63, 3.8) is 0 Å². The predicted molar refractivity (Wildman–Crippen MR) is 124 cm³/mol. The van der Waals surface area contributed by atoms with Gasteiger partial charge in [-0.25, -0.2) is 0 Å². The molecule has 1 unspecified atom stereocenters. The number of hydrogen-bond donors (Lipinski definition) is 1. The third kappa shape index (κ3) is 5.00. The van der Waals surface area contributed by atoms with Gasteiger partial charge in [0.15, 0.2) is 5.78 Å². The minimum atomic E-state index is -4.59. The summed E-state index contributed by atoms with van der Waals surface area (Å²) in [5.74, 6) is 0.958. The van der Waals surface area contributed by atoms with Crippen LogP contribution in [0.4, 0.5) is 13.2 Å². The van der Waals surface area contributed by atoms with Crippen molar-refractivity contribution >= 4 is 17.4 Å². The number of hydrogen-bond acceptors (Lipinski definition) is 2. The molecule has 2 bridgehead atoms. The summed E-state index contributed by atoms with van der Waals surface area (Å²) in [4.78, 5) is 13.3. The van der Waals surface area contributed by atoms with Crippen molar-refractivity contribution in [3.8, 4) is 0 Å². The fourth-order valence-corrected chi connectivity index (χ4v) is 6.12. The van der Waals surface area contributed by atoms with Gasteiger partial charge in [0.25, 0.3) is 0 Å². The van der Waals surface area contributed by atoms with Crippen molar-refractivity contribution < 1.29 is 18.0 Å². The van der Waals surface area contributed by atoms with Crippen LogP contribution in [0.5, 0.6) is 0 Å². The first-order valence-corrected chi connectivity index (χ1v) is 12.4. The van der Waals surface area contributed by atoms with Crippen LogP contribution < -0.4 is 5.32 Å². The maximum Gasteiger partial charge on any atom is 0.417 e. The van der Waals surface area contributed by atoms with Gasteiger partial charge in [0.1, 0.15) is 0 Å². The topological polar surface area (TPSA) is 29.1 Å². The van der Waals surface area contributed by atoms with Crippen LogP contribution in [-0.2, 0) is 12.6 Å². The lowest BCUT2D eigenvalue weighted by Gasteiger charge is -2.32. The van der Waals surface area contributed by atoms with Gasteiger partial charge in [0.05, 0.1) is 10.6 Å². The van der Waals surface area contributed by atoms with E-state index in [0.717, 1.165) is 43.2 Å². The van der Waals surface area contributed by atoms with Crippen molar-refractivity contribution in [3.05, 3.63) is 69.7 Å². The van der Waals surface area contributed by atoms with Gasteiger partial charge in [-0.1, -0.05) is 54.8 Å². The molecular formula is C27H29ClF3NO. The smallest absolute Gasteiger partial charge is 0.310 e. The lowest BCUT2D eigenvalue weighted by molar-refractivity contribution is -0.137. The summed E-state index contributed by atoms with van der Waals surface area (Å²) < 4.78 is 39.9. The molecule has 0 aromatic heterocycles. The lowest BCUT2D eigenvalue weighted by Crippen LogP contribution is -2.40. The Balaban J connectivity index is 1.39. The van der Waals surface area contributed by atoms with Crippen LogP contribution in [-0.4, -0.2) is 17.9 Å². The second-order valence-electron chi connectivity index (χ2n) is 10.1. The van der Waals surface area contributed by atoms with Crippen LogP contribution in [0.2, 0.25) is 5.02 Å². The van der Waals surface area contributed by atoms with Crippen molar-refractivity contribution in [2.75, 3.05) is 0 Å². The number of alkyl halides is 3. The van der Waals surface area contributed by atoms with E-state index in [2.05, 4.69) is 29.6 Å². The summed E-state index contributed by atoms with van der Waals surface area (Å²) in [5, 5.41) is 3.20. The monoisotopic (exact) mass is 475 g/mol. The summed E-state index contributed by atoms with van der Waals surface area (Å²) in [6.07, 6.45) is 3.94. The fourth-order valence-electron chi connectivity index (χ4n) is 5.78. The molecule has 1 N–H and O–H groups in total. The van der Waals surface area contributed by atoms with E-state index in [9.17, 15) is 18.0 Å². The third-order valence-corrected chi connectivity index (χ3v) is 8.21. The third-order valence-electron chi connectivity index (χ3n) is 7.80. The fraction of sp³-hybridized carbons (Fsp3) is 0.519. The van der Waals surface area contributed by atoms with E-state index in [1.807, 2.05) is 0 Å². The molecular weight excluding hydrogens is 447 g/mol. The highest BCUT2D eigenvalue weighted by Gasteiger charge is 2.44. The minimum absolute atomic E-state index is 0.0410. The predicted octanol–water partition coefficient (Wildman–Crippen LogP) is 7.20. The summed E-state index contributed by atoms with van der Waals surface area (Å²) in [6, 6.07) is 12.8. The molecule has 33 heavy (non-hydrogen) atoms. The lowest BCUT2D eigenvalue weighted by atomic mass is 9.79. The Bertz CT molecular complexity index is 1020. The average molecular weight is 476 g/mol. The second-order valence-corrected chi connectivity index (χ2v) is 10.5. The van der Waals surface area contributed by atoms with Crippen molar-refractivity contribution in [1.29, 1.82) is 0 Å². The van der Waals surface area contributed by atoms with E-state index in [-0.39, 0.29) is 29.7 Å². The van der Waals surface area contributed by atoms with E-state index < -0.39 is 16.8 Å². The first-order chi connectivity index (χ1) is 15.8. The van der Waals surface area contributed by atoms with Crippen molar-refractivity contribution in [2.24, 2.45) is 11.8 Å². The number of aryl methyl sites for hydroxylation is 1. The molecule has 3 fully saturated rings. The quantitative estimate of drug-likeness (QED) is 0.409. The number of ketones is 1. The van der Waals surface area contributed by atoms with Gasteiger partial charge in [0.2, 0.25) is 0 Å². The average Bonchev–Trinajstić information content (AvgIpc) is 3.38. The first-order valence-electron chi connectivity index (χ1n) is 12.0. The Morgan fingerprint density at radius 3 is 2.42 bits per heavy atom. The number of benzene rings is 2. The van der Waals surface area contributed by atoms with E-state index in [1.54, 1.807) is 0 Å². The van der Waals surface area contributed by atoms with Gasteiger partial charge >= 0.3 is 6.18 Å². The molecule has 2 aromatic carbocycles. The highest BCUT2D eigenvalue weighted by Crippen LogP contribution is 2.44. The van der Waals surface area contributed by atoms with Crippen molar-refractivity contribution in [2.45, 2.75) is 75.5 Å². The molecule has 2 saturated carbocycles. The first kappa shape index (κ1) is 22.9. The molecule has 1 saturated heterocycles. The van der Waals surface area contributed by atoms with Crippen LogP contribution >= 0.6 is 11.6 Å². The molecule has 1 aliphatic heterocycles. The van der Waals surface area contributed by atoms with E-state index in [1.165, 1.54) is 37.0 Å². The number of piperidine rings is 1. The Kier molecular flexibility index (Phi) is 6.30. The zero-order valence-corrected chi connectivity index (χ0v) is 19.3. The van der Waals surface area contributed by atoms with Gasteiger partial charge in [-0.15, -0.1) is 0 Å². The molecule has 0 spiro atoms. The van der Waals surface area contributed by atoms with Crippen LogP contribution in [0, 0.1) is 11.8 Å². The van der Waals surface area contributed by atoms with E-state index >= 15 is 0 Å². The number of fused-ring (bicyclic) bond motifs is 2. The normalized spacial score (nSPS) is 25.4. The molecule has 2 aromatic rings. The van der Waals surface area contributed by atoms with Crippen LogP contribution in [0.25, 0.3) is 0 Å². The molecule has 176 valence electrons. The molecule has 4 atom stereocenters. The van der Waals surface area contributed by atoms with Gasteiger partial charge in [-0.3, -0.25) is 4.79 Å². The number of rotatable bonds is 8. The molecule has 2 aliphatic carbocycles. The van der Waals surface area contributed by atoms with Crippen LogP contribution in [0.1, 0.15) is 77.9 Å². The number of carbonyl (C=O) groups is 1. The molecule has 1 heterocycles. The molecule has 0 radical (unpaired) electrons. The van der Waals surface area contributed by atoms with Crippen LogP contribution in [0.3, 0.4) is 0 Å². The minimum Gasteiger partial charge on any atom is -0.310 e. The Labute approximate surface area is 197 Å². The van der Waals surface area contributed by atoms with E-state index in [0.29, 0.717) is 12.0 Å². The Morgan fingerprint density at radius 2 is 1.82 bits per heavy atom. The number of carbonyl (C=O) groups excluding carboxylic acids is 1. The van der Waals surface area contributed by atoms with Crippen molar-refractivity contribution in [1.82, 2.24) is 5.32 Å². The summed E-state index contributed by atoms with van der Waals surface area (Å²) in [6.45, 7) is 0. The maximum atomic E-state index is 13.3. The standard InChI is InChI=1S/C27H29ClF3NO/c28-25-21(2-1-3-23(25)27(29,30)31)24(33)15-22(26-19-12-13-20(14-19)32-26)18-10-8-17(9-11-18)7-6-16-4-5-16/h1-3,8-11,16,19-20,22,26,32H,4-7,12-15H2/t19-,20+,22+,26?/m0/s1. The SMILES string of the molecule is O=C(C[C@H](c1ccc(CCC2CC2)cc1)C1N[C@@H]2CC[C@H]1C2)c1cccc(C(F)(F)F)c1Cl. The van der Waals surface area contributed by atoms with Gasteiger partial charge in [0, 0.05) is 30.0 Å². The zero-order valence-electron chi connectivity index (χ0n) is 18.5. The molecule has 2 nitrogen and oxygen atoms in total. The second kappa shape index (κ2) is 9.07.